The monoisotopic (exact) mass is 489 g/mol. The molecule has 178 valence electrons. The number of amides is 1. The zero-order valence-electron chi connectivity index (χ0n) is 19.3. The second kappa shape index (κ2) is 9.26. The number of thiophene rings is 1. The van der Waals surface area contributed by atoms with E-state index in [1.54, 1.807) is 18.3 Å². The fraction of sp³-hybridized carbons (Fsp3) is 0.250. The molecule has 0 radical (unpaired) electrons. The van der Waals surface area contributed by atoms with E-state index in [9.17, 15) is 14.9 Å². The molecule has 1 amide bonds. The van der Waals surface area contributed by atoms with E-state index in [1.807, 2.05) is 32.0 Å². The molecule has 1 N–H and O–H groups in total. The number of nitro benzene ring substituents is 1. The Morgan fingerprint density at radius 3 is 2.54 bits per heavy atom. The lowest BCUT2D eigenvalue weighted by atomic mass is 10.1. The number of piperazine rings is 1. The van der Waals surface area contributed by atoms with E-state index in [1.165, 1.54) is 23.5 Å². The number of rotatable bonds is 5. The van der Waals surface area contributed by atoms with Crippen LogP contribution in [-0.2, 0) is 0 Å². The molecular weight excluding hydrogens is 466 g/mol. The van der Waals surface area contributed by atoms with Crippen molar-refractivity contribution in [3.8, 4) is 0 Å². The molecule has 0 spiro atoms. The first-order valence-corrected chi connectivity index (χ1v) is 12.0. The van der Waals surface area contributed by atoms with Crippen molar-refractivity contribution in [2.24, 2.45) is 0 Å². The second-order valence-corrected chi connectivity index (χ2v) is 9.25. The van der Waals surface area contributed by atoms with Gasteiger partial charge in [0.1, 0.15) is 22.3 Å². The summed E-state index contributed by atoms with van der Waals surface area (Å²) in [6.07, 6.45) is 1.80. The minimum atomic E-state index is -0.488. The maximum atomic E-state index is 13.1. The highest BCUT2D eigenvalue weighted by atomic mass is 32.1. The quantitative estimate of drug-likeness (QED) is 0.328. The average molecular weight is 490 g/mol. The van der Waals surface area contributed by atoms with Crippen molar-refractivity contribution in [1.29, 1.82) is 0 Å². The molecule has 0 atom stereocenters. The van der Waals surface area contributed by atoms with E-state index < -0.39 is 4.92 Å². The third-order valence-corrected chi connectivity index (χ3v) is 7.14. The van der Waals surface area contributed by atoms with Crippen molar-refractivity contribution in [1.82, 2.24) is 15.0 Å². The van der Waals surface area contributed by atoms with Gasteiger partial charge in [0.2, 0.25) is 0 Å². The van der Waals surface area contributed by atoms with Crippen LogP contribution in [0, 0.1) is 24.0 Å². The summed E-state index contributed by atoms with van der Waals surface area (Å²) in [5.74, 6) is 2.11. The highest BCUT2D eigenvalue weighted by Crippen LogP contribution is 2.36. The number of pyridine rings is 1. The van der Waals surface area contributed by atoms with Crippen LogP contribution in [0.15, 0.2) is 48.7 Å². The van der Waals surface area contributed by atoms with Gasteiger partial charge < -0.3 is 15.1 Å². The first-order valence-electron chi connectivity index (χ1n) is 11.1. The van der Waals surface area contributed by atoms with E-state index in [0.717, 1.165) is 53.6 Å². The molecule has 0 unspecified atom stereocenters. The number of nitro groups is 1. The van der Waals surface area contributed by atoms with Crippen LogP contribution in [0.2, 0.25) is 0 Å². The van der Waals surface area contributed by atoms with E-state index in [2.05, 4.69) is 25.1 Å². The summed E-state index contributed by atoms with van der Waals surface area (Å²) in [5, 5.41) is 14.7. The number of benzene rings is 1. The standard InChI is InChI=1S/C24H23N7O3S/c1-15-20-22(30-12-10-29(11-13-30)19-8-3-4-9-25-19)26-16(2)27-24(20)35-21(15)23(32)28-17-6-5-7-18(14-17)31(33)34/h3-9,14H,10-13H2,1-2H3,(H,28,32). The third-order valence-electron chi connectivity index (χ3n) is 5.96. The van der Waals surface area contributed by atoms with Gasteiger partial charge in [0.15, 0.2) is 0 Å². The molecule has 3 aromatic heterocycles. The molecule has 1 fully saturated rings. The number of hydrogen-bond donors (Lipinski definition) is 1. The van der Waals surface area contributed by atoms with Crippen LogP contribution in [0.5, 0.6) is 0 Å². The SMILES string of the molecule is Cc1nc(N2CCN(c3ccccn3)CC2)c2c(C)c(C(=O)Nc3cccc([N+](=O)[O-])c3)sc2n1. The first kappa shape index (κ1) is 22.7. The average Bonchev–Trinajstić information content (AvgIpc) is 3.20. The van der Waals surface area contributed by atoms with Crippen LogP contribution in [0.25, 0.3) is 10.2 Å². The molecule has 35 heavy (non-hydrogen) atoms. The Morgan fingerprint density at radius 2 is 1.83 bits per heavy atom. The Morgan fingerprint density at radius 1 is 1.06 bits per heavy atom. The molecule has 0 bridgehead atoms. The molecule has 1 saturated heterocycles. The molecule has 4 heterocycles. The molecule has 1 aliphatic heterocycles. The van der Waals surface area contributed by atoms with Gasteiger partial charge in [0.25, 0.3) is 11.6 Å². The third kappa shape index (κ3) is 4.50. The van der Waals surface area contributed by atoms with E-state index in [0.29, 0.717) is 16.4 Å². The Labute approximate surface area is 205 Å². The lowest BCUT2D eigenvalue weighted by Gasteiger charge is -2.36. The number of non-ortho nitro benzene ring substituents is 1. The molecule has 1 aromatic carbocycles. The number of nitrogens with one attached hydrogen (secondary N) is 1. The second-order valence-electron chi connectivity index (χ2n) is 8.25. The number of aromatic nitrogens is 3. The van der Waals surface area contributed by atoms with Crippen LogP contribution in [0.1, 0.15) is 21.1 Å². The van der Waals surface area contributed by atoms with Gasteiger partial charge in [-0.05, 0) is 37.6 Å². The lowest BCUT2D eigenvalue weighted by Crippen LogP contribution is -2.47. The van der Waals surface area contributed by atoms with Crippen molar-refractivity contribution in [2.45, 2.75) is 13.8 Å². The minimum Gasteiger partial charge on any atom is -0.353 e. The molecule has 0 aliphatic carbocycles. The fourth-order valence-corrected chi connectivity index (χ4v) is 5.36. The van der Waals surface area contributed by atoms with Crippen LogP contribution < -0.4 is 15.1 Å². The number of fused-ring (bicyclic) bond motifs is 1. The first-order chi connectivity index (χ1) is 16.9. The number of hydrogen-bond acceptors (Lipinski definition) is 9. The number of aryl methyl sites for hydroxylation is 2. The molecular formula is C24H23N7O3S. The van der Waals surface area contributed by atoms with Crippen molar-refractivity contribution in [3.63, 3.8) is 0 Å². The zero-order chi connectivity index (χ0) is 24.5. The van der Waals surface area contributed by atoms with E-state index in [4.69, 9.17) is 4.98 Å². The summed E-state index contributed by atoms with van der Waals surface area (Å²) in [4.78, 5) is 43.2. The van der Waals surface area contributed by atoms with Gasteiger partial charge in [-0.15, -0.1) is 11.3 Å². The predicted molar refractivity (Wildman–Crippen MR) is 137 cm³/mol. The van der Waals surface area contributed by atoms with Crippen LogP contribution >= 0.6 is 11.3 Å². The Kier molecular flexibility index (Phi) is 6.00. The van der Waals surface area contributed by atoms with Gasteiger partial charge in [0.05, 0.1) is 15.2 Å². The van der Waals surface area contributed by atoms with Gasteiger partial charge >= 0.3 is 0 Å². The normalized spacial score (nSPS) is 13.8. The Hall–Kier alpha value is -4.12. The predicted octanol–water partition coefficient (Wildman–Crippen LogP) is 4.19. The summed E-state index contributed by atoms with van der Waals surface area (Å²) in [6.45, 7) is 6.91. The van der Waals surface area contributed by atoms with Crippen LogP contribution in [-0.4, -0.2) is 52.0 Å². The van der Waals surface area contributed by atoms with Crippen molar-refractivity contribution < 1.29 is 9.72 Å². The van der Waals surface area contributed by atoms with Crippen molar-refractivity contribution >= 4 is 50.5 Å². The number of anilines is 3. The molecule has 5 rings (SSSR count). The molecule has 1 aliphatic rings. The maximum absolute atomic E-state index is 13.1. The van der Waals surface area contributed by atoms with Gasteiger partial charge in [-0.2, -0.15) is 0 Å². The molecule has 11 heteroatoms. The van der Waals surface area contributed by atoms with Crippen molar-refractivity contribution in [3.05, 3.63) is 75.0 Å². The topological polar surface area (TPSA) is 117 Å². The lowest BCUT2D eigenvalue weighted by molar-refractivity contribution is -0.384. The van der Waals surface area contributed by atoms with E-state index >= 15 is 0 Å². The summed E-state index contributed by atoms with van der Waals surface area (Å²) in [5.41, 5.74) is 1.09. The fourth-order valence-electron chi connectivity index (χ4n) is 4.24. The molecule has 4 aromatic rings. The van der Waals surface area contributed by atoms with Gasteiger partial charge in [-0.25, -0.2) is 15.0 Å². The van der Waals surface area contributed by atoms with Gasteiger partial charge in [-0.3, -0.25) is 14.9 Å². The van der Waals surface area contributed by atoms with Crippen LogP contribution in [0.3, 0.4) is 0 Å². The molecule has 0 saturated carbocycles. The maximum Gasteiger partial charge on any atom is 0.271 e. The van der Waals surface area contributed by atoms with Gasteiger partial charge in [0, 0.05) is 50.2 Å². The largest absolute Gasteiger partial charge is 0.353 e. The number of carbonyl (C=O) groups excluding carboxylic acids is 1. The highest BCUT2D eigenvalue weighted by molar-refractivity contribution is 7.20. The van der Waals surface area contributed by atoms with E-state index in [-0.39, 0.29) is 11.6 Å². The summed E-state index contributed by atoms with van der Waals surface area (Å²) in [7, 11) is 0. The summed E-state index contributed by atoms with van der Waals surface area (Å²) < 4.78 is 0. The zero-order valence-corrected chi connectivity index (χ0v) is 20.1. The van der Waals surface area contributed by atoms with Crippen molar-refractivity contribution in [2.75, 3.05) is 41.3 Å². The van der Waals surface area contributed by atoms with Gasteiger partial charge in [-0.1, -0.05) is 12.1 Å². The molecule has 10 nitrogen and oxygen atoms in total. The number of nitrogens with zero attached hydrogens (tertiary/aromatic N) is 6. The van der Waals surface area contributed by atoms with Crippen LogP contribution in [0.4, 0.5) is 23.0 Å². The Balaban J connectivity index is 1.42. The highest BCUT2D eigenvalue weighted by Gasteiger charge is 2.26. The summed E-state index contributed by atoms with van der Waals surface area (Å²) in [6, 6.07) is 11.8. The minimum absolute atomic E-state index is 0.0792. The summed E-state index contributed by atoms with van der Waals surface area (Å²) >= 11 is 1.31. The smallest absolute Gasteiger partial charge is 0.271 e. The number of carbonyl (C=O) groups is 1. The Bertz CT molecular complexity index is 1420.